The average Bonchev–Trinajstić information content (AvgIpc) is 2.86. The predicted octanol–water partition coefficient (Wildman–Crippen LogP) is 3.01. The number of rotatable bonds is 5. The fraction of sp³-hybridized carbons (Fsp3) is 0.529. The van der Waals surface area contributed by atoms with Crippen molar-refractivity contribution in [3.05, 3.63) is 29.6 Å². The largest absolute Gasteiger partial charge is 0.468 e. The van der Waals surface area contributed by atoms with E-state index in [1.54, 1.807) is 0 Å². The number of benzene rings is 1. The molecule has 1 aliphatic heterocycles. The zero-order chi connectivity index (χ0) is 16.6. The number of fused-ring (bicyclic) bond motifs is 1. The number of halogens is 1. The molecule has 124 valence electrons. The van der Waals surface area contributed by atoms with Crippen LogP contribution in [0.15, 0.2) is 18.2 Å². The van der Waals surface area contributed by atoms with Gasteiger partial charge in [-0.3, -0.25) is 4.79 Å². The molecule has 2 aromatic rings. The van der Waals surface area contributed by atoms with Gasteiger partial charge in [0.2, 0.25) is 0 Å². The van der Waals surface area contributed by atoms with E-state index < -0.39 is 5.41 Å². The Morgan fingerprint density at radius 1 is 1.52 bits per heavy atom. The number of methoxy groups -OCH3 is 1. The van der Waals surface area contributed by atoms with Crippen molar-refractivity contribution in [3.8, 4) is 0 Å². The Balaban J connectivity index is 2.06. The van der Waals surface area contributed by atoms with Gasteiger partial charge in [0, 0.05) is 6.61 Å². The van der Waals surface area contributed by atoms with Crippen molar-refractivity contribution in [3.63, 3.8) is 0 Å². The summed E-state index contributed by atoms with van der Waals surface area (Å²) < 4.78 is 12.6. The van der Waals surface area contributed by atoms with Gasteiger partial charge in [0.05, 0.1) is 42.1 Å². The Morgan fingerprint density at radius 3 is 2.83 bits per heavy atom. The van der Waals surface area contributed by atoms with Gasteiger partial charge in [-0.05, 0) is 38.0 Å². The molecule has 0 aliphatic carbocycles. The molecule has 1 fully saturated rings. The SMILES string of the molecule is COC(=O)C(C)(C)c1ccc2nc(CCl)n(C[C@@H]3CCO3)c2c1. The maximum atomic E-state index is 12.1. The Hall–Kier alpha value is -1.59. The number of carbonyl (C=O) groups is 1. The van der Waals surface area contributed by atoms with Crippen molar-refractivity contribution in [2.75, 3.05) is 13.7 Å². The minimum atomic E-state index is -0.716. The molecule has 0 spiro atoms. The summed E-state index contributed by atoms with van der Waals surface area (Å²) in [5.41, 5.74) is 2.04. The second-order valence-electron chi connectivity index (χ2n) is 6.37. The number of esters is 1. The molecule has 23 heavy (non-hydrogen) atoms. The van der Waals surface area contributed by atoms with Crippen LogP contribution in [-0.2, 0) is 32.1 Å². The molecule has 6 heteroatoms. The van der Waals surface area contributed by atoms with E-state index in [1.165, 1.54) is 7.11 Å². The van der Waals surface area contributed by atoms with Crippen LogP contribution in [0.3, 0.4) is 0 Å². The maximum absolute atomic E-state index is 12.1. The Morgan fingerprint density at radius 2 is 2.26 bits per heavy atom. The highest BCUT2D eigenvalue weighted by Crippen LogP contribution is 2.29. The molecule has 1 saturated heterocycles. The molecule has 1 atom stereocenters. The maximum Gasteiger partial charge on any atom is 0.315 e. The van der Waals surface area contributed by atoms with E-state index in [0.717, 1.165) is 42.0 Å². The third-order valence-corrected chi connectivity index (χ3v) is 4.78. The van der Waals surface area contributed by atoms with Crippen LogP contribution in [0.2, 0.25) is 0 Å². The lowest BCUT2D eigenvalue weighted by Gasteiger charge is -2.27. The zero-order valence-corrected chi connectivity index (χ0v) is 14.4. The summed E-state index contributed by atoms with van der Waals surface area (Å²) in [7, 11) is 1.41. The summed E-state index contributed by atoms with van der Waals surface area (Å²) >= 11 is 6.05. The van der Waals surface area contributed by atoms with Gasteiger partial charge >= 0.3 is 5.97 Å². The molecule has 1 aliphatic rings. The first-order valence-electron chi connectivity index (χ1n) is 7.73. The molecule has 1 aromatic carbocycles. The number of hydrogen-bond donors (Lipinski definition) is 0. The lowest BCUT2D eigenvalue weighted by Crippen LogP contribution is -2.32. The first-order valence-corrected chi connectivity index (χ1v) is 8.26. The summed E-state index contributed by atoms with van der Waals surface area (Å²) in [5.74, 6) is 0.907. The second-order valence-corrected chi connectivity index (χ2v) is 6.64. The smallest absolute Gasteiger partial charge is 0.315 e. The molecule has 2 heterocycles. The van der Waals surface area contributed by atoms with Crippen LogP contribution < -0.4 is 0 Å². The number of carbonyl (C=O) groups excluding carboxylic acids is 1. The highest BCUT2D eigenvalue weighted by atomic mass is 35.5. The van der Waals surface area contributed by atoms with E-state index in [2.05, 4.69) is 9.55 Å². The molecule has 0 bridgehead atoms. The van der Waals surface area contributed by atoms with E-state index in [4.69, 9.17) is 21.1 Å². The van der Waals surface area contributed by atoms with Crippen molar-refractivity contribution in [1.29, 1.82) is 0 Å². The Bertz CT molecular complexity index is 735. The van der Waals surface area contributed by atoms with E-state index >= 15 is 0 Å². The highest BCUT2D eigenvalue weighted by molar-refractivity contribution is 6.16. The molecule has 5 nitrogen and oxygen atoms in total. The van der Waals surface area contributed by atoms with Gasteiger partial charge in [-0.2, -0.15) is 0 Å². The number of aromatic nitrogens is 2. The number of nitrogens with zero attached hydrogens (tertiary/aromatic N) is 2. The van der Waals surface area contributed by atoms with Gasteiger partial charge < -0.3 is 14.0 Å². The van der Waals surface area contributed by atoms with Crippen LogP contribution >= 0.6 is 11.6 Å². The molecule has 0 amide bonds. The van der Waals surface area contributed by atoms with Crippen molar-refractivity contribution in [1.82, 2.24) is 9.55 Å². The minimum absolute atomic E-state index is 0.214. The average molecular weight is 337 g/mol. The van der Waals surface area contributed by atoms with Crippen LogP contribution in [0.4, 0.5) is 0 Å². The van der Waals surface area contributed by atoms with Crippen LogP contribution in [-0.4, -0.2) is 35.3 Å². The predicted molar refractivity (Wildman–Crippen MR) is 88.7 cm³/mol. The van der Waals surface area contributed by atoms with Gasteiger partial charge in [-0.25, -0.2) is 4.98 Å². The second kappa shape index (κ2) is 6.13. The molecule has 0 saturated carbocycles. The number of alkyl halides is 1. The third kappa shape index (κ3) is 2.83. The summed E-state index contributed by atoms with van der Waals surface area (Å²) in [6.07, 6.45) is 1.26. The lowest BCUT2D eigenvalue weighted by atomic mass is 9.84. The summed E-state index contributed by atoms with van der Waals surface area (Å²) in [4.78, 5) is 16.7. The topological polar surface area (TPSA) is 53.3 Å². The summed E-state index contributed by atoms with van der Waals surface area (Å²) in [6, 6.07) is 5.87. The van der Waals surface area contributed by atoms with Gasteiger partial charge in [0.25, 0.3) is 0 Å². The Labute approximate surface area is 140 Å². The summed E-state index contributed by atoms with van der Waals surface area (Å²) in [6.45, 7) is 5.27. The standard InChI is InChI=1S/C17H21ClN2O3/c1-17(2,16(21)22-3)11-4-5-13-14(8-11)20(15(9-18)19-13)10-12-6-7-23-12/h4-5,8,12H,6-7,9-10H2,1-3H3/t12-/m0/s1. The fourth-order valence-corrected chi connectivity index (χ4v) is 3.08. The third-order valence-electron chi connectivity index (χ3n) is 4.54. The number of hydrogen-bond acceptors (Lipinski definition) is 4. The van der Waals surface area contributed by atoms with E-state index in [0.29, 0.717) is 5.88 Å². The molecular weight excluding hydrogens is 316 g/mol. The molecule has 0 N–H and O–H groups in total. The number of ether oxygens (including phenoxy) is 2. The van der Waals surface area contributed by atoms with Gasteiger partial charge in [-0.1, -0.05) is 6.07 Å². The fourth-order valence-electron chi connectivity index (χ4n) is 2.87. The van der Waals surface area contributed by atoms with Crippen LogP contribution in [0.1, 0.15) is 31.7 Å². The first-order chi connectivity index (χ1) is 11.0. The molecular formula is C17H21ClN2O3. The molecule has 0 radical (unpaired) electrons. The van der Waals surface area contributed by atoms with Crippen molar-refractivity contribution >= 4 is 28.6 Å². The Kier molecular flexibility index (Phi) is 4.34. The van der Waals surface area contributed by atoms with E-state index in [1.807, 2.05) is 32.0 Å². The minimum Gasteiger partial charge on any atom is -0.468 e. The first kappa shape index (κ1) is 16.3. The molecule has 0 unspecified atom stereocenters. The van der Waals surface area contributed by atoms with Crippen LogP contribution in [0.5, 0.6) is 0 Å². The monoisotopic (exact) mass is 336 g/mol. The molecule has 3 rings (SSSR count). The lowest BCUT2D eigenvalue weighted by molar-refractivity contribution is -0.146. The van der Waals surface area contributed by atoms with Gasteiger partial charge in [0.1, 0.15) is 5.82 Å². The number of imidazole rings is 1. The summed E-state index contributed by atoms with van der Waals surface area (Å²) in [5, 5.41) is 0. The quantitative estimate of drug-likeness (QED) is 0.622. The van der Waals surface area contributed by atoms with E-state index in [9.17, 15) is 4.79 Å². The molecule has 1 aromatic heterocycles. The van der Waals surface area contributed by atoms with Crippen LogP contribution in [0, 0.1) is 0 Å². The van der Waals surface area contributed by atoms with Crippen molar-refractivity contribution in [2.45, 2.75) is 44.2 Å². The van der Waals surface area contributed by atoms with Crippen LogP contribution in [0.25, 0.3) is 11.0 Å². The zero-order valence-electron chi connectivity index (χ0n) is 13.6. The van der Waals surface area contributed by atoms with E-state index in [-0.39, 0.29) is 12.1 Å². The normalized spacial score (nSPS) is 18.0. The van der Waals surface area contributed by atoms with Crippen molar-refractivity contribution in [2.24, 2.45) is 0 Å². The van der Waals surface area contributed by atoms with Gasteiger partial charge in [0.15, 0.2) is 0 Å². The van der Waals surface area contributed by atoms with Gasteiger partial charge in [-0.15, -0.1) is 11.6 Å². The van der Waals surface area contributed by atoms with Crippen molar-refractivity contribution < 1.29 is 14.3 Å². The highest BCUT2D eigenvalue weighted by Gasteiger charge is 2.31.